The quantitative estimate of drug-likeness (QED) is 0.500. The highest BCUT2D eigenvalue weighted by Gasteiger charge is 2.01. The number of aryl methyl sites for hydroxylation is 1. The number of hydrogen-bond donors (Lipinski definition) is 2. The van der Waals surface area contributed by atoms with Crippen molar-refractivity contribution < 1.29 is 4.74 Å². The number of rotatable bonds is 5. The van der Waals surface area contributed by atoms with E-state index < -0.39 is 0 Å². The van der Waals surface area contributed by atoms with Crippen LogP contribution in [0.3, 0.4) is 0 Å². The highest BCUT2D eigenvalue weighted by Crippen LogP contribution is 2.20. The first-order chi connectivity index (χ1) is 10.1. The Bertz CT molecular complexity index is 647. The standard InChI is InChI=1S/C16H18N4O/c1-12-7-8-14(10-19-20-16(17)18)9-15(12)21-11-13-5-3-2-4-6-13/h2-10H,11H2,1H3,(H4,17,18,20). The molecule has 0 atom stereocenters. The molecular weight excluding hydrogens is 264 g/mol. The van der Waals surface area contributed by atoms with Crippen LogP contribution in [0.25, 0.3) is 0 Å². The number of nitrogens with two attached hydrogens (primary N) is 2. The molecular formula is C16H18N4O. The van der Waals surface area contributed by atoms with Crippen molar-refractivity contribution in [2.45, 2.75) is 13.5 Å². The highest BCUT2D eigenvalue weighted by atomic mass is 16.5. The average molecular weight is 282 g/mol. The molecule has 0 unspecified atom stereocenters. The molecule has 5 nitrogen and oxygen atoms in total. The Balaban J connectivity index is 2.08. The SMILES string of the molecule is Cc1ccc(C=NN=C(N)N)cc1OCc1ccccc1. The molecule has 0 aliphatic carbocycles. The fourth-order valence-corrected chi connectivity index (χ4v) is 1.75. The third-order valence-corrected chi connectivity index (χ3v) is 2.83. The van der Waals surface area contributed by atoms with E-state index in [4.69, 9.17) is 16.2 Å². The van der Waals surface area contributed by atoms with Gasteiger partial charge in [-0.25, -0.2) is 0 Å². The maximum absolute atomic E-state index is 5.84. The summed E-state index contributed by atoms with van der Waals surface area (Å²) in [4.78, 5) is 0. The van der Waals surface area contributed by atoms with Crippen LogP contribution in [0.4, 0.5) is 0 Å². The van der Waals surface area contributed by atoms with Gasteiger partial charge in [0.05, 0.1) is 6.21 Å². The third-order valence-electron chi connectivity index (χ3n) is 2.83. The van der Waals surface area contributed by atoms with E-state index in [0.717, 1.165) is 22.4 Å². The van der Waals surface area contributed by atoms with Crippen LogP contribution in [0.5, 0.6) is 5.75 Å². The second kappa shape index (κ2) is 7.09. The molecule has 0 spiro atoms. The molecule has 2 aromatic rings. The minimum absolute atomic E-state index is 0.0705. The van der Waals surface area contributed by atoms with Crippen LogP contribution in [0, 0.1) is 6.92 Å². The van der Waals surface area contributed by atoms with Crippen molar-refractivity contribution in [1.29, 1.82) is 0 Å². The van der Waals surface area contributed by atoms with E-state index in [1.54, 1.807) is 6.21 Å². The first-order valence-corrected chi connectivity index (χ1v) is 6.54. The maximum atomic E-state index is 5.84. The molecule has 21 heavy (non-hydrogen) atoms. The first kappa shape index (κ1) is 14.6. The Labute approximate surface area is 124 Å². The van der Waals surface area contributed by atoms with E-state index in [-0.39, 0.29) is 5.96 Å². The van der Waals surface area contributed by atoms with E-state index in [1.807, 2.05) is 55.5 Å². The molecule has 0 radical (unpaired) electrons. The lowest BCUT2D eigenvalue weighted by molar-refractivity contribution is 0.304. The molecule has 0 aliphatic heterocycles. The summed E-state index contributed by atoms with van der Waals surface area (Å²) in [5.74, 6) is 0.742. The van der Waals surface area contributed by atoms with Gasteiger partial charge in [-0.2, -0.15) is 5.10 Å². The van der Waals surface area contributed by atoms with E-state index in [1.165, 1.54) is 0 Å². The van der Waals surface area contributed by atoms with Crippen molar-refractivity contribution in [3.8, 4) is 5.75 Å². The highest BCUT2D eigenvalue weighted by molar-refractivity contribution is 5.82. The molecule has 0 amide bonds. The Morgan fingerprint density at radius 2 is 1.90 bits per heavy atom. The van der Waals surface area contributed by atoms with Gasteiger partial charge < -0.3 is 16.2 Å². The van der Waals surface area contributed by atoms with Crippen LogP contribution in [0.1, 0.15) is 16.7 Å². The average Bonchev–Trinajstić information content (AvgIpc) is 2.48. The van der Waals surface area contributed by atoms with Gasteiger partial charge in [0.2, 0.25) is 5.96 Å². The minimum Gasteiger partial charge on any atom is -0.489 e. The van der Waals surface area contributed by atoms with Crippen molar-refractivity contribution in [3.05, 3.63) is 65.2 Å². The number of hydrogen-bond acceptors (Lipinski definition) is 3. The van der Waals surface area contributed by atoms with Gasteiger partial charge >= 0.3 is 0 Å². The number of ether oxygens (including phenoxy) is 1. The summed E-state index contributed by atoms with van der Waals surface area (Å²) in [5.41, 5.74) is 13.5. The molecule has 0 heterocycles. The lowest BCUT2D eigenvalue weighted by atomic mass is 10.1. The summed E-state index contributed by atoms with van der Waals surface area (Å²) in [7, 11) is 0. The smallest absolute Gasteiger partial charge is 0.211 e. The molecule has 0 fully saturated rings. The molecule has 0 aliphatic rings. The molecule has 2 rings (SSSR count). The number of nitrogens with zero attached hydrogens (tertiary/aromatic N) is 2. The van der Waals surface area contributed by atoms with Crippen molar-refractivity contribution in [1.82, 2.24) is 0 Å². The van der Waals surface area contributed by atoms with Gasteiger partial charge in [0, 0.05) is 0 Å². The monoisotopic (exact) mass is 282 g/mol. The van der Waals surface area contributed by atoms with Crippen LogP contribution < -0.4 is 16.2 Å². The molecule has 0 saturated carbocycles. The largest absolute Gasteiger partial charge is 0.489 e. The molecule has 0 saturated heterocycles. The summed E-state index contributed by atoms with van der Waals surface area (Å²) in [5, 5.41) is 7.35. The Morgan fingerprint density at radius 1 is 1.14 bits per heavy atom. The summed E-state index contributed by atoms with van der Waals surface area (Å²) in [6, 6.07) is 15.8. The maximum Gasteiger partial charge on any atom is 0.211 e. The van der Waals surface area contributed by atoms with Gasteiger partial charge in [0.1, 0.15) is 12.4 Å². The molecule has 0 aromatic heterocycles. The van der Waals surface area contributed by atoms with Gasteiger partial charge in [-0.3, -0.25) is 0 Å². The van der Waals surface area contributed by atoms with Crippen LogP contribution in [0.15, 0.2) is 58.7 Å². The zero-order chi connectivity index (χ0) is 15.1. The van der Waals surface area contributed by atoms with Crippen molar-refractivity contribution in [2.24, 2.45) is 21.7 Å². The van der Waals surface area contributed by atoms with E-state index >= 15 is 0 Å². The molecule has 4 N–H and O–H groups in total. The predicted octanol–water partition coefficient (Wildman–Crippen LogP) is 2.18. The zero-order valence-corrected chi connectivity index (χ0v) is 11.9. The van der Waals surface area contributed by atoms with Crippen molar-refractivity contribution in [2.75, 3.05) is 0 Å². The Hall–Kier alpha value is -2.82. The molecule has 2 aromatic carbocycles. The van der Waals surface area contributed by atoms with Gasteiger partial charge in [0.15, 0.2) is 0 Å². The summed E-state index contributed by atoms with van der Waals surface area (Å²) < 4.78 is 5.84. The zero-order valence-electron chi connectivity index (χ0n) is 11.9. The van der Waals surface area contributed by atoms with Crippen molar-refractivity contribution in [3.63, 3.8) is 0 Å². The van der Waals surface area contributed by atoms with Crippen LogP contribution in [0.2, 0.25) is 0 Å². The number of benzene rings is 2. The lowest BCUT2D eigenvalue weighted by Crippen LogP contribution is -2.21. The lowest BCUT2D eigenvalue weighted by Gasteiger charge is -2.09. The van der Waals surface area contributed by atoms with Gasteiger partial charge in [-0.05, 0) is 29.7 Å². The van der Waals surface area contributed by atoms with Gasteiger partial charge in [0.25, 0.3) is 0 Å². The van der Waals surface area contributed by atoms with E-state index in [2.05, 4.69) is 10.2 Å². The fourth-order valence-electron chi connectivity index (χ4n) is 1.75. The van der Waals surface area contributed by atoms with E-state index in [9.17, 15) is 0 Å². The third kappa shape index (κ3) is 4.65. The topological polar surface area (TPSA) is 86.0 Å². The molecule has 0 bridgehead atoms. The van der Waals surface area contributed by atoms with Crippen molar-refractivity contribution >= 4 is 12.2 Å². The van der Waals surface area contributed by atoms with Crippen LogP contribution in [-0.4, -0.2) is 12.2 Å². The minimum atomic E-state index is -0.0705. The molecule has 108 valence electrons. The summed E-state index contributed by atoms with van der Waals surface area (Å²) >= 11 is 0. The fraction of sp³-hybridized carbons (Fsp3) is 0.125. The molecule has 5 heteroatoms. The van der Waals surface area contributed by atoms with Gasteiger partial charge in [-0.1, -0.05) is 42.5 Å². The first-order valence-electron chi connectivity index (χ1n) is 6.54. The van der Waals surface area contributed by atoms with Gasteiger partial charge in [-0.15, -0.1) is 5.10 Å². The second-order valence-electron chi connectivity index (χ2n) is 4.57. The summed E-state index contributed by atoms with van der Waals surface area (Å²) in [6.45, 7) is 2.52. The number of guanidine groups is 1. The normalized spacial score (nSPS) is 10.5. The Morgan fingerprint density at radius 3 is 2.62 bits per heavy atom. The second-order valence-corrected chi connectivity index (χ2v) is 4.57. The van der Waals surface area contributed by atoms with Crippen LogP contribution in [-0.2, 0) is 6.61 Å². The Kier molecular flexibility index (Phi) is 4.93. The van der Waals surface area contributed by atoms with E-state index in [0.29, 0.717) is 6.61 Å². The van der Waals surface area contributed by atoms with Crippen LogP contribution >= 0.6 is 0 Å². The summed E-state index contributed by atoms with van der Waals surface area (Å²) in [6.07, 6.45) is 1.58. The predicted molar refractivity (Wildman–Crippen MR) is 85.4 cm³/mol.